The van der Waals surface area contributed by atoms with E-state index in [1.54, 1.807) is 43.5 Å². The van der Waals surface area contributed by atoms with E-state index in [2.05, 4.69) is 19.2 Å². The first-order valence-corrected chi connectivity index (χ1v) is 8.89. The molecule has 5 nitrogen and oxygen atoms in total. The van der Waals surface area contributed by atoms with Crippen LogP contribution < -0.4 is 14.8 Å². The van der Waals surface area contributed by atoms with E-state index >= 15 is 0 Å². The summed E-state index contributed by atoms with van der Waals surface area (Å²) in [7, 11) is 0. The maximum Gasteiger partial charge on any atom is 0.586 e. The van der Waals surface area contributed by atoms with Gasteiger partial charge in [0.25, 0.3) is 5.91 Å². The van der Waals surface area contributed by atoms with Crippen molar-refractivity contribution in [1.82, 2.24) is 4.37 Å². The lowest BCUT2D eigenvalue weighted by Gasteiger charge is -2.09. The number of anilines is 1. The smallest absolute Gasteiger partial charge is 0.395 e. The Kier molecular flexibility index (Phi) is 4.07. The molecule has 0 spiro atoms. The first-order valence-electron chi connectivity index (χ1n) is 8.06. The van der Waals surface area contributed by atoms with E-state index < -0.39 is 6.29 Å². The van der Waals surface area contributed by atoms with Crippen LogP contribution in [0, 0.1) is 13.8 Å². The van der Waals surface area contributed by atoms with Gasteiger partial charge >= 0.3 is 6.29 Å². The molecule has 0 fully saturated rings. The molecule has 0 unspecified atom stereocenters. The maximum absolute atomic E-state index is 13.2. The Balaban J connectivity index is 1.57. The third kappa shape index (κ3) is 3.35. The molecule has 27 heavy (non-hydrogen) atoms. The molecule has 1 aliphatic rings. The molecule has 0 atom stereocenters. The quantitative estimate of drug-likeness (QED) is 0.686. The van der Waals surface area contributed by atoms with Crippen molar-refractivity contribution in [3.63, 3.8) is 0 Å². The van der Waals surface area contributed by atoms with Gasteiger partial charge in [-0.15, -0.1) is 8.78 Å². The number of hydrogen-bond acceptors (Lipinski definition) is 5. The van der Waals surface area contributed by atoms with Gasteiger partial charge in [-0.3, -0.25) is 4.79 Å². The van der Waals surface area contributed by atoms with Gasteiger partial charge in [0.1, 0.15) is 0 Å². The molecule has 3 aromatic rings. The van der Waals surface area contributed by atoms with Crippen LogP contribution in [0.25, 0.3) is 11.1 Å². The molecule has 138 valence electrons. The van der Waals surface area contributed by atoms with Crippen LogP contribution in [-0.2, 0) is 0 Å². The highest BCUT2D eigenvalue weighted by atomic mass is 32.1. The first-order chi connectivity index (χ1) is 12.8. The summed E-state index contributed by atoms with van der Waals surface area (Å²) in [6, 6.07) is 10.2. The SMILES string of the molecule is Cc1cc2c(cc1-c1ccc(NC(=O)c3csnc3C)cc1)OC(F)(F)O2. The standard InChI is InChI=1S/C19H14F2N2O3S/c1-10-7-16-17(26-19(20,21)25-16)8-14(10)12-3-5-13(6-4-12)22-18(24)15-9-27-23-11(15)2/h3-9H,1-2H3,(H,22,24). The molecule has 0 saturated carbocycles. The number of hydrogen-bond donors (Lipinski definition) is 1. The normalized spacial score (nSPS) is 14.2. The van der Waals surface area contributed by atoms with Gasteiger partial charge < -0.3 is 14.8 Å². The number of carbonyl (C=O) groups excluding carboxylic acids is 1. The van der Waals surface area contributed by atoms with Crippen molar-refractivity contribution < 1.29 is 23.0 Å². The summed E-state index contributed by atoms with van der Waals surface area (Å²) in [6.07, 6.45) is -3.64. The second-order valence-electron chi connectivity index (χ2n) is 6.13. The molecule has 2 heterocycles. The highest BCUT2D eigenvalue weighted by Crippen LogP contribution is 2.44. The number of amides is 1. The van der Waals surface area contributed by atoms with E-state index in [9.17, 15) is 13.6 Å². The molecule has 1 aromatic heterocycles. The molecule has 0 saturated heterocycles. The highest BCUT2D eigenvalue weighted by Gasteiger charge is 2.43. The van der Waals surface area contributed by atoms with E-state index in [0.29, 0.717) is 16.9 Å². The van der Waals surface area contributed by atoms with Crippen molar-refractivity contribution in [1.29, 1.82) is 0 Å². The molecule has 0 aliphatic carbocycles. The molecule has 1 amide bonds. The van der Waals surface area contributed by atoms with Crippen LogP contribution in [0.1, 0.15) is 21.6 Å². The lowest BCUT2D eigenvalue weighted by Crippen LogP contribution is -2.25. The zero-order valence-electron chi connectivity index (χ0n) is 14.4. The lowest BCUT2D eigenvalue weighted by molar-refractivity contribution is -0.286. The number of aromatic nitrogens is 1. The average molecular weight is 388 g/mol. The van der Waals surface area contributed by atoms with Crippen LogP contribution in [-0.4, -0.2) is 16.6 Å². The summed E-state index contributed by atoms with van der Waals surface area (Å²) in [5, 5.41) is 4.51. The van der Waals surface area contributed by atoms with E-state index in [1.165, 1.54) is 23.7 Å². The number of nitrogens with zero attached hydrogens (tertiary/aromatic N) is 1. The molecular formula is C19H14F2N2O3S. The predicted molar refractivity (Wildman–Crippen MR) is 97.6 cm³/mol. The monoisotopic (exact) mass is 388 g/mol. The van der Waals surface area contributed by atoms with Gasteiger partial charge in [0, 0.05) is 11.1 Å². The fraction of sp³-hybridized carbons (Fsp3) is 0.158. The van der Waals surface area contributed by atoms with E-state index in [4.69, 9.17) is 0 Å². The van der Waals surface area contributed by atoms with E-state index in [0.717, 1.165) is 16.7 Å². The third-order valence-corrected chi connectivity index (χ3v) is 4.92. The topological polar surface area (TPSA) is 60.5 Å². The molecule has 0 bridgehead atoms. The first kappa shape index (κ1) is 17.4. The minimum Gasteiger partial charge on any atom is -0.395 e. The van der Waals surface area contributed by atoms with Gasteiger partial charge in [-0.1, -0.05) is 12.1 Å². The molecule has 0 radical (unpaired) electrons. The van der Waals surface area contributed by atoms with E-state index in [1.807, 2.05) is 0 Å². The van der Waals surface area contributed by atoms with Gasteiger partial charge in [-0.05, 0) is 66.3 Å². The molecule has 4 rings (SSSR count). The number of benzene rings is 2. The fourth-order valence-corrected chi connectivity index (χ4v) is 3.54. The molecule has 8 heteroatoms. The Hall–Kier alpha value is -3.00. The maximum atomic E-state index is 13.2. The minimum atomic E-state index is -3.64. The Bertz CT molecular complexity index is 1030. The summed E-state index contributed by atoms with van der Waals surface area (Å²) < 4.78 is 39.5. The zero-order chi connectivity index (χ0) is 19.2. The number of fused-ring (bicyclic) bond motifs is 1. The Morgan fingerprint density at radius 2 is 1.78 bits per heavy atom. The van der Waals surface area contributed by atoms with Gasteiger partial charge in [-0.25, -0.2) is 0 Å². The largest absolute Gasteiger partial charge is 0.586 e. The van der Waals surface area contributed by atoms with Crippen LogP contribution in [0.15, 0.2) is 41.8 Å². The summed E-state index contributed by atoms with van der Waals surface area (Å²) in [4.78, 5) is 12.2. The number of rotatable bonds is 3. The average Bonchev–Trinajstić information content (AvgIpc) is 3.16. The van der Waals surface area contributed by atoms with Crippen LogP contribution in [0.4, 0.5) is 14.5 Å². The zero-order valence-corrected chi connectivity index (χ0v) is 15.2. The van der Waals surface area contributed by atoms with Crippen LogP contribution in [0.3, 0.4) is 0 Å². The number of alkyl halides is 2. The molecular weight excluding hydrogens is 374 g/mol. The molecule has 1 aliphatic heterocycles. The molecule has 2 aromatic carbocycles. The minimum absolute atomic E-state index is 0.00147. The lowest BCUT2D eigenvalue weighted by atomic mass is 9.99. The third-order valence-electron chi connectivity index (χ3n) is 4.20. The van der Waals surface area contributed by atoms with Crippen molar-refractivity contribution >= 4 is 23.1 Å². The van der Waals surface area contributed by atoms with Gasteiger partial charge in [0.15, 0.2) is 11.5 Å². The summed E-state index contributed by atoms with van der Waals surface area (Å²) >= 11 is 1.23. The van der Waals surface area contributed by atoms with Crippen LogP contribution >= 0.6 is 11.5 Å². The van der Waals surface area contributed by atoms with Crippen molar-refractivity contribution in [3.05, 3.63) is 58.6 Å². The Morgan fingerprint density at radius 3 is 2.41 bits per heavy atom. The van der Waals surface area contributed by atoms with E-state index in [-0.39, 0.29) is 17.4 Å². The summed E-state index contributed by atoms with van der Waals surface area (Å²) in [6.45, 7) is 3.58. The van der Waals surface area contributed by atoms with Crippen molar-refractivity contribution in [2.75, 3.05) is 5.32 Å². The number of aryl methyl sites for hydroxylation is 2. The Morgan fingerprint density at radius 1 is 1.11 bits per heavy atom. The van der Waals surface area contributed by atoms with Crippen molar-refractivity contribution in [2.24, 2.45) is 0 Å². The second kappa shape index (κ2) is 6.31. The van der Waals surface area contributed by atoms with Crippen LogP contribution in [0.2, 0.25) is 0 Å². The number of ether oxygens (including phenoxy) is 2. The van der Waals surface area contributed by atoms with Gasteiger partial charge in [0.2, 0.25) is 0 Å². The second-order valence-corrected chi connectivity index (χ2v) is 6.76. The van der Waals surface area contributed by atoms with Crippen LogP contribution in [0.5, 0.6) is 11.5 Å². The van der Waals surface area contributed by atoms with Crippen molar-refractivity contribution in [3.8, 4) is 22.6 Å². The summed E-state index contributed by atoms with van der Waals surface area (Å²) in [5.74, 6) is -0.209. The van der Waals surface area contributed by atoms with Gasteiger partial charge in [0.05, 0.1) is 11.3 Å². The number of nitrogens with one attached hydrogen (secondary N) is 1. The van der Waals surface area contributed by atoms with Crippen molar-refractivity contribution in [2.45, 2.75) is 20.1 Å². The number of carbonyl (C=O) groups is 1. The van der Waals surface area contributed by atoms with Gasteiger partial charge in [-0.2, -0.15) is 4.37 Å². The number of halogens is 2. The molecule has 1 N–H and O–H groups in total. The predicted octanol–water partition coefficient (Wildman–Crippen LogP) is 5.00. The Labute approximate surface area is 157 Å². The highest BCUT2D eigenvalue weighted by molar-refractivity contribution is 7.04. The fourth-order valence-electron chi connectivity index (χ4n) is 2.85. The summed E-state index contributed by atoms with van der Waals surface area (Å²) in [5.41, 5.74) is 4.16.